The fourth-order valence-corrected chi connectivity index (χ4v) is 1.76. The predicted molar refractivity (Wildman–Crippen MR) is 67.1 cm³/mol. The standard InChI is InChI=1S/C13H9FN4/c14-9-7-16-13(15)18-12(9)11-6-5-8-3-1-2-4-10(8)17-11/h1-7H,(H2,15,16,18). The van der Waals surface area contributed by atoms with Crippen LogP contribution in [0.25, 0.3) is 22.3 Å². The Morgan fingerprint density at radius 1 is 1.00 bits per heavy atom. The second kappa shape index (κ2) is 4.03. The Kier molecular flexibility index (Phi) is 2.37. The number of fused-ring (bicyclic) bond motifs is 1. The van der Waals surface area contributed by atoms with Crippen molar-refractivity contribution in [3.05, 3.63) is 48.4 Å². The highest BCUT2D eigenvalue weighted by Gasteiger charge is 2.10. The van der Waals surface area contributed by atoms with E-state index in [2.05, 4.69) is 15.0 Å². The van der Waals surface area contributed by atoms with Gasteiger partial charge in [-0.1, -0.05) is 24.3 Å². The van der Waals surface area contributed by atoms with Gasteiger partial charge in [-0.3, -0.25) is 0 Å². The maximum absolute atomic E-state index is 13.6. The molecule has 0 aliphatic carbocycles. The molecule has 0 fully saturated rings. The molecule has 0 aliphatic heterocycles. The summed E-state index contributed by atoms with van der Waals surface area (Å²) in [7, 11) is 0. The number of pyridine rings is 1. The van der Waals surface area contributed by atoms with Crippen LogP contribution in [-0.4, -0.2) is 15.0 Å². The van der Waals surface area contributed by atoms with Gasteiger partial charge >= 0.3 is 0 Å². The van der Waals surface area contributed by atoms with E-state index < -0.39 is 5.82 Å². The summed E-state index contributed by atoms with van der Waals surface area (Å²) in [5.41, 5.74) is 6.81. The van der Waals surface area contributed by atoms with E-state index in [1.165, 1.54) is 0 Å². The first-order valence-corrected chi connectivity index (χ1v) is 5.38. The van der Waals surface area contributed by atoms with Gasteiger partial charge in [0.1, 0.15) is 5.69 Å². The van der Waals surface area contributed by atoms with Crippen LogP contribution in [0.3, 0.4) is 0 Å². The van der Waals surface area contributed by atoms with Gasteiger partial charge in [0, 0.05) is 5.39 Å². The molecule has 0 atom stereocenters. The fourth-order valence-electron chi connectivity index (χ4n) is 1.76. The quantitative estimate of drug-likeness (QED) is 0.709. The lowest BCUT2D eigenvalue weighted by Crippen LogP contribution is -2.00. The van der Waals surface area contributed by atoms with Gasteiger partial charge < -0.3 is 5.73 Å². The number of rotatable bonds is 1. The zero-order valence-corrected chi connectivity index (χ0v) is 9.34. The van der Waals surface area contributed by atoms with Crippen LogP contribution >= 0.6 is 0 Å². The lowest BCUT2D eigenvalue weighted by atomic mass is 10.2. The lowest BCUT2D eigenvalue weighted by Gasteiger charge is -2.04. The first-order valence-electron chi connectivity index (χ1n) is 5.38. The largest absolute Gasteiger partial charge is 0.368 e. The minimum Gasteiger partial charge on any atom is -0.368 e. The first kappa shape index (κ1) is 10.6. The molecule has 18 heavy (non-hydrogen) atoms. The Balaban J connectivity index is 2.22. The van der Waals surface area contributed by atoms with Crippen LogP contribution in [0.15, 0.2) is 42.6 Å². The molecule has 5 heteroatoms. The Bertz CT molecular complexity index is 727. The molecule has 88 valence electrons. The van der Waals surface area contributed by atoms with Crippen molar-refractivity contribution >= 4 is 16.9 Å². The normalized spacial score (nSPS) is 10.7. The van der Waals surface area contributed by atoms with Crippen molar-refractivity contribution in [2.75, 3.05) is 5.73 Å². The summed E-state index contributed by atoms with van der Waals surface area (Å²) >= 11 is 0. The number of nitrogens with zero attached hydrogens (tertiary/aromatic N) is 3. The maximum Gasteiger partial charge on any atom is 0.220 e. The van der Waals surface area contributed by atoms with Crippen LogP contribution < -0.4 is 5.73 Å². The SMILES string of the molecule is Nc1ncc(F)c(-c2ccc3ccccc3n2)n1. The third kappa shape index (κ3) is 1.75. The van der Waals surface area contributed by atoms with Crippen molar-refractivity contribution in [1.29, 1.82) is 0 Å². The highest BCUT2D eigenvalue weighted by Crippen LogP contribution is 2.21. The Hall–Kier alpha value is -2.56. The minimum absolute atomic E-state index is 0.0290. The van der Waals surface area contributed by atoms with Gasteiger partial charge in [-0.2, -0.15) is 0 Å². The van der Waals surface area contributed by atoms with Crippen LogP contribution in [0.1, 0.15) is 0 Å². The second-order valence-electron chi connectivity index (χ2n) is 3.81. The molecule has 1 aromatic carbocycles. The molecule has 0 saturated heterocycles. The molecule has 2 heterocycles. The minimum atomic E-state index is -0.535. The van der Waals surface area contributed by atoms with E-state index in [0.29, 0.717) is 5.69 Å². The average molecular weight is 240 g/mol. The molecule has 0 bridgehead atoms. The number of hydrogen-bond acceptors (Lipinski definition) is 4. The summed E-state index contributed by atoms with van der Waals surface area (Å²) in [4.78, 5) is 11.8. The third-order valence-corrected chi connectivity index (χ3v) is 2.60. The maximum atomic E-state index is 13.6. The molecule has 4 nitrogen and oxygen atoms in total. The molecular formula is C13H9FN4. The molecule has 3 aromatic rings. The number of halogens is 1. The van der Waals surface area contributed by atoms with Gasteiger partial charge in [0.25, 0.3) is 0 Å². The highest BCUT2D eigenvalue weighted by atomic mass is 19.1. The van der Waals surface area contributed by atoms with Gasteiger partial charge in [0.05, 0.1) is 17.4 Å². The summed E-state index contributed by atoms with van der Waals surface area (Å²) in [6.07, 6.45) is 1.05. The number of nitrogens with two attached hydrogens (primary N) is 1. The van der Waals surface area contributed by atoms with Crippen LogP contribution in [0, 0.1) is 5.82 Å². The van der Waals surface area contributed by atoms with Crippen molar-refractivity contribution in [3.63, 3.8) is 0 Å². The Labute approximate surface area is 102 Å². The molecule has 2 N–H and O–H groups in total. The van der Waals surface area contributed by atoms with E-state index in [9.17, 15) is 4.39 Å². The van der Waals surface area contributed by atoms with Crippen LogP contribution in [0.2, 0.25) is 0 Å². The van der Waals surface area contributed by atoms with E-state index in [1.807, 2.05) is 30.3 Å². The Morgan fingerprint density at radius 2 is 1.83 bits per heavy atom. The van der Waals surface area contributed by atoms with E-state index in [-0.39, 0.29) is 11.6 Å². The van der Waals surface area contributed by atoms with Gasteiger partial charge in [-0.25, -0.2) is 19.3 Å². The number of aromatic nitrogens is 3. The van der Waals surface area contributed by atoms with Gasteiger partial charge in [-0.05, 0) is 12.1 Å². The van der Waals surface area contributed by atoms with Gasteiger partial charge in [0.15, 0.2) is 5.82 Å². The summed E-state index contributed by atoms with van der Waals surface area (Å²) < 4.78 is 13.6. The van der Waals surface area contributed by atoms with Crippen molar-refractivity contribution in [3.8, 4) is 11.4 Å². The van der Waals surface area contributed by atoms with Crippen LogP contribution in [0.4, 0.5) is 10.3 Å². The number of benzene rings is 1. The number of para-hydroxylation sites is 1. The molecule has 0 radical (unpaired) electrons. The predicted octanol–water partition coefficient (Wildman–Crippen LogP) is 2.41. The van der Waals surface area contributed by atoms with Crippen molar-refractivity contribution in [2.24, 2.45) is 0 Å². The lowest BCUT2D eigenvalue weighted by molar-refractivity contribution is 0.618. The van der Waals surface area contributed by atoms with Gasteiger partial charge in [-0.15, -0.1) is 0 Å². The molecule has 0 saturated carbocycles. The number of nitrogen functional groups attached to an aromatic ring is 1. The molecule has 0 amide bonds. The molecule has 0 aliphatic rings. The van der Waals surface area contributed by atoms with E-state index >= 15 is 0 Å². The van der Waals surface area contributed by atoms with E-state index in [4.69, 9.17) is 5.73 Å². The zero-order valence-electron chi connectivity index (χ0n) is 9.34. The molecule has 2 aromatic heterocycles. The van der Waals surface area contributed by atoms with E-state index in [0.717, 1.165) is 17.1 Å². The average Bonchev–Trinajstić information content (AvgIpc) is 2.41. The molecule has 0 spiro atoms. The zero-order chi connectivity index (χ0) is 12.5. The van der Waals surface area contributed by atoms with Gasteiger partial charge in [0.2, 0.25) is 5.95 Å². The molecular weight excluding hydrogens is 231 g/mol. The molecule has 0 unspecified atom stereocenters. The molecule has 3 rings (SSSR count). The Morgan fingerprint density at radius 3 is 2.72 bits per heavy atom. The van der Waals surface area contributed by atoms with Crippen LogP contribution in [0.5, 0.6) is 0 Å². The fraction of sp³-hybridized carbons (Fsp3) is 0. The first-order chi connectivity index (χ1) is 8.74. The highest BCUT2D eigenvalue weighted by molar-refractivity contribution is 5.81. The monoisotopic (exact) mass is 240 g/mol. The third-order valence-electron chi connectivity index (χ3n) is 2.60. The smallest absolute Gasteiger partial charge is 0.220 e. The van der Waals surface area contributed by atoms with Crippen molar-refractivity contribution in [2.45, 2.75) is 0 Å². The number of anilines is 1. The van der Waals surface area contributed by atoms with Crippen molar-refractivity contribution in [1.82, 2.24) is 15.0 Å². The summed E-state index contributed by atoms with van der Waals surface area (Å²) in [5, 5.41) is 0.990. The van der Waals surface area contributed by atoms with Crippen molar-refractivity contribution < 1.29 is 4.39 Å². The number of hydrogen-bond donors (Lipinski definition) is 1. The summed E-state index contributed by atoms with van der Waals surface area (Å²) in [5.74, 6) is -0.506. The van der Waals surface area contributed by atoms with Crippen LogP contribution in [-0.2, 0) is 0 Å². The summed E-state index contributed by atoms with van der Waals surface area (Å²) in [6.45, 7) is 0. The second-order valence-corrected chi connectivity index (χ2v) is 3.81. The van der Waals surface area contributed by atoms with E-state index in [1.54, 1.807) is 6.07 Å². The summed E-state index contributed by atoms with van der Waals surface area (Å²) in [6, 6.07) is 11.2. The topological polar surface area (TPSA) is 64.7 Å².